The number of amides is 1. The third kappa shape index (κ3) is 2.81. The van der Waals surface area contributed by atoms with Gasteiger partial charge in [-0.2, -0.15) is 5.10 Å². The van der Waals surface area contributed by atoms with E-state index in [4.69, 9.17) is 4.74 Å². The summed E-state index contributed by atoms with van der Waals surface area (Å²) in [7, 11) is 0. The fourth-order valence-electron chi connectivity index (χ4n) is 3.07. The van der Waals surface area contributed by atoms with Crippen molar-refractivity contribution in [2.75, 3.05) is 19.8 Å². The van der Waals surface area contributed by atoms with Gasteiger partial charge in [-0.25, -0.2) is 0 Å². The second-order valence-corrected chi connectivity index (χ2v) is 5.47. The minimum absolute atomic E-state index is 0.0817. The first-order chi connectivity index (χ1) is 9.34. The Hall–Kier alpha value is -1.36. The van der Waals surface area contributed by atoms with E-state index in [1.54, 1.807) is 6.20 Å². The average Bonchev–Trinajstić information content (AvgIpc) is 3.11. The van der Waals surface area contributed by atoms with Crippen LogP contribution in [0, 0.1) is 5.92 Å². The first-order valence-corrected chi connectivity index (χ1v) is 7.20. The maximum Gasteiger partial charge on any atom is 0.228 e. The molecule has 2 aliphatic rings. The summed E-state index contributed by atoms with van der Waals surface area (Å²) in [6, 6.07) is 2.22. The van der Waals surface area contributed by atoms with Gasteiger partial charge in [-0.1, -0.05) is 0 Å². The van der Waals surface area contributed by atoms with E-state index in [1.165, 1.54) is 6.42 Å². The van der Waals surface area contributed by atoms with Crippen LogP contribution in [0.1, 0.15) is 25.7 Å². The molecule has 0 bridgehead atoms. The summed E-state index contributed by atoms with van der Waals surface area (Å²) in [5.74, 6) is 0.368. The molecule has 2 atom stereocenters. The lowest BCUT2D eigenvalue weighted by Crippen LogP contribution is -2.48. The maximum absolute atomic E-state index is 12.6. The number of hydrogen-bond acceptors (Lipinski definition) is 3. The van der Waals surface area contributed by atoms with Gasteiger partial charge in [-0.3, -0.25) is 9.48 Å². The molecular weight excluding hydrogens is 242 g/mol. The molecule has 0 saturated carbocycles. The summed E-state index contributed by atoms with van der Waals surface area (Å²) < 4.78 is 7.28. The Bertz CT molecular complexity index is 412. The van der Waals surface area contributed by atoms with Crippen molar-refractivity contribution in [3.05, 3.63) is 18.5 Å². The zero-order valence-electron chi connectivity index (χ0n) is 11.2. The van der Waals surface area contributed by atoms with Crippen molar-refractivity contribution in [1.82, 2.24) is 14.7 Å². The van der Waals surface area contributed by atoms with Crippen LogP contribution < -0.4 is 0 Å². The van der Waals surface area contributed by atoms with E-state index in [2.05, 4.69) is 10.00 Å². The molecule has 104 valence electrons. The summed E-state index contributed by atoms with van der Waals surface area (Å²) in [6.45, 7) is 3.03. The SMILES string of the molecule is O=C([C@@H]1CCOC1)N1CCCC[C@@H]1Cn1cccn1. The Labute approximate surface area is 113 Å². The van der Waals surface area contributed by atoms with E-state index >= 15 is 0 Å². The third-order valence-electron chi connectivity index (χ3n) is 4.15. The van der Waals surface area contributed by atoms with Gasteiger partial charge in [0.25, 0.3) is 0 Å². The number of rotatable bonds is 3. The first kappa shape index (κ1) is 12.7. The zero-order chi connectivity index (χ0) is 13.1. The van der Waals surface area contributed by atoms with E-state index < -0.39 is 0 Å². The van der Waals surface area contributed by atoms with Crippen LogP contribution in [-0.2, 0) is 16.1 Å². The fourth-order valence-corrected chi connectivity index (χ4v) is 3.07. The summed E-state index contributed by atoms with van der Waals surface area (Å²) in [5, 5.41) is 4.26. The van der Waals surface area contributed by atoms with Gasteiger partial charge in [-0.15, -0.1) is 0 Å². The highest BCUT2D eigenvalue weighted by Gasteiger charge is 2.33. The largest absolute Gasteiger partial charge is 0.381 e. The number of aromatic nitrogens is 2. The Morgan fingerprint density at radius 1 is 1.37 bits per heavy atom. The number of likely N-dealkylation sites (tertiary alicyclic amines) is 1. The monoisotopic (exact) mass is 263 g/mol. The van der Waals surface area contributed by atoms with E-state index in [-0.39, 0.29) is 11.8 Å². The van der Waals surface area contributed by atoms with Crippen LogP contribution in [0.15, 0.2) is 18.5 Å². The molecule has 0 N–H and O–H groups in total. The van der Waals surface area contributed by atoms with Crippen LogP contribution in [0.25, 0.3) is 0 Å². The molecule has 5 nitrogen and oxygen atoms in total. The predicted octanol–water partition coefficient (Wildman–Crippen LogP) is 1.30. The number of carbonyl (C=O) groups is 1. The van der Waals surface area contributed by atoms with E-state index in [0.29, 0.717) is 12.6 Å². The normalized spacial score (nSPS) is 27.7. The number of carbonyl (C=O) groups excluding carboxylic acids is 1. The predicted molar refractivity (Wildman–Crippen MR) is 70.5 cm³/mol. The lowest BCUT2D eigenvalue weighted by atomic mass is 9.98. The van der Waals surface area contributed by atoms with Crippen LogP contribution in [0.2, 0.25) is 0 Å². The molecular formula is C14H21N3O2. The van der Waals surface area contributed by atoms with Gasteiger partial charge in [0.2, 0.25) is 5.91 Å². The number of nitrogens with zero attached hydrogens (tertiary/aromatic N) is 3. The minimum atomic E-state index is 0.0817. The van der Waals surface area contributed by atoms with Gasteiger partial charge in [0.05, 0.1) is 25.1 Å². The maximum atomic E-state index is 12.6. The molecule has 0 spiro atoms. The first-order valence-electron chi connectivity index (χ1n) is 7.20. The summed E-state index contributed by atoms with van der Waals surface area (Å²) in [6.07, 6.45) is 8.05. The summed E-state index contributed by atoms with van der Waals surface area (Å²) in [5.41, 5.74) is 0. The van der Waals surface area contributed by atoms with Gasteiger partial charge in [0, 0.05) is 25.5 Å². The smallest absolute Gasteiger partial charge is 0.228 e. The van der Waals surface area contributed by atoms with E-state index in [0.717, 1.165) is 39.0 Å². The van der Waals surface area contributed by atoms with Crippen molar-refractivity contribution in [1.29, 1.82) is 0 Å². The zero-order valence-corrected chi connectivity index (χ0v) is 11.2. The van der Waals surface area contributed by atoms with Crippen LogP contribution in [0.3, 0.4) is 0 Å². The lowest BCUT2D eigenvalue weighted by molar-refractivity contribution is -0.139. The summed E-state index contributed by atoms with van der Waals surface area (Å²) >= 11 is 0. The van der Waals surface area contributed by atoms with Gasteiger partial charge in [-0.05, 0) is 31.7 Å². The highest BCUT2D eigenvalue weighted by Crippen LogP contribution is 2.23. The van der Waals surface area contributed by atoms with Crippen LogP contribution >= 0.6 is 0 Å². The number of piperidine rings is 1. The molecule has 5 heteroatoms. The highest BCUT2D eigenvalue weighted by atomic mass is 16.5. The van der Waals surface area contributed by atoms with Crippen molar-refractivity contribution >= 4 is 5.91 Å². The Kier molecular flexibility index (Phi) is 3.82. The molecule has 1 amide bonds. The van der Waals surface area contributed by atoms with Crippen molar-refractivity contribution < 1.29 is 9.53 Å². The number of hydrogen-bond donors (Lipinski definition) is 0. The van der Waals surface area contributed by atoms with Crippen molar-refractivity contribution in [2.24, 2.45) is 5.92 Å². The van der Waals surface area contributed by atoms with Gasteiger partial charge < -0.3 is 9.64 Å². The van der Waals surface area contributed by atoms with Crippen LogP contribution in [0.5, 0.6) is 0 Å². The highest BCUT2D eigenvalue weighted by molar-refractivity contribution is 5.79. The van der Waals surface area contributed by atoms with Crippen molar-refractivity contribution in [2.45, 2.75) is 38.3 Å². The van der Waals surface area contributed by atoms with Crippen LogP contribution in [0.4, 0.5) is 0 Å². The molecule has 19 heavy (non-hydrogen) atoms. The van der Waals surface area contributed by atoms with E-state index in [9.17, 15) is 4.79 Å². The molecule has 1 aromatic heterocycles. The molecule has 0 unspecified atom stereocenters. The molecule has 0 aromatic carbocycles. The van der Waals surface area contributed by atoms with Gasteiger partial charge >= 0.3 is 0 Å². The standard InChI is InChI=1S/C14H21N3O2/c18-14(12-5-9-19-11-12)17-8-2-1-4-13(17)10-16-7-3-6-15-16/h3,6-7,12-13H,1-2,4-5,8-11H2/t12-,13-/m1/s1. The van der Waals surface area contributed by atoms with Crippen molar-refractivity contribution in [3.63, 3.8) is 0 Å². The van der Waals surface area contributed by atoms with Crippen molar-refractivity contribution in [3.8, 4) is 0 Å². The van der Waals surface area contributed by atoms with Gasteiger partial charge in [0.1, 0.15) is 0 Å². The lowest BCUT2D eigenvalue weighted by Gasteiger charge is -2.37. The second kappa shape index (κ2) is 5.74. The molecule has 0 radical (unpaired) electrons. The molecule has 2 fully saturated rings. The quantitative estimate of drug-likeness (QED) is 0.826. The van der Waals surface area contributed by atoms with E-state index in [1.807, 2.05) is 16.9 Å². The molecule has 1 aromatic rings. The van der Waals surface area contributed by atoms with Crippen LogP contribution in [-0.4, -0.2) is 46.4 Å². The molecule has 0 aliphatic carbocycles. The topological polar surface area (TPSA) is 47.4 Å². The fraction of sp³-hybridized carbons (Fsp3) is 0.714. The Morgan fingerprint density at radius 2 is 2.32 bits per heavy atom. The Morgan fingerprint density at radius 3 is 3.05 bits per heavy atom. The number of ether oxygens (including phenoxy) is 1. The molecule has 3 rings (SSSR count). The second-order valence-electron chi connectivity index (χ2n) is 5.47. The Balaban J connectivity index is 1.67. The third-order valence-corrected chi connectivity index (χ3v) is 4.15. The van der Waals surface area contributed by atoms with Gasteiger partial charge in [0.15, 0.2) is 0 Å². The minimum Gasteiger partial charge on any atom is -0.381 e. The molecule has 2 aliphatic heterocycles. The average molecular weight is 263 g/mol. The molecule has 3 heterocycles. The summed E-state index contributed by atoms with van der Waals surface area (Å²) in [4.78, 5) is 14.6. The molecule has 2 saturated heterocycles.